The number of pyridine rings is 1. The minimum atomic E-state index is 0.646. The Morgan fingerprint density at radius 2 is 1.90 bits per heavy atom. The molecule has 0 saturated carbocycles. The molecule has 0 atom stereocenters. The zero-order valence-corrected chi connectivity index (χ0v) is 17.2. The second kappa shape index (κ2) is 9.29. The number of benzene rings is 2. The Morgan fingerprint density at radius 3 is 2.69 bits per heavy atom. The van der Waals surface area contributed by atoms with E-state index < -0.39 is 0 Å². The summed E-state index contributed by atoms with van der Waals surface area (Å²) >= 11 is 0. The van der Waals surface area contributed by atoms with Gasteiger partial charge in [0, 0.05) is 43.0 Å². The molecule has 0 amide bonds. The third-order valence-electron chi connectivity index (χ3n) is 5.30. The van der Waals surface area contributed by atoms with Gasteiger partial charge in [0.25, 0.3) is 0 Å². The quantitative estimate of drug-likeness (QED) is 0.461. The molecule has 6 heteroatoms. The van der Waals surface area contributed by atoms with Crippen LogP contribution in [0.5, 0.6) is 11.5 Å². The van der Waals surface area contributed by atoms with Crippen LogP contribution in [-0.4, -0.2) is 63.0 Å². The van der Waals surface area contributed by atoms with Crippen molar-refractivity contribution in [3.05, 3.63) is 36.4 Å². The van der Waals surface area contributed by atoms with Crippen LogP contribution in [0, 0.1) is 0 Å². The number of methoxy groups -OCH3 is 1. The van der Waals surface area contributed by atoms with Crippen molar-refractivity contribution in [1.29, 1.82) is 0 Å². The summed E-state index contributed by atoms with van der Waals surface area (Å²) in [6, 6.07) is 12.2. The van der Waals surface area contributed by atoms with E-state index in [1.807, 2.05) is 30.3 Å². The van der Waals surface area contributed by atoms with Crippen LogP contribution in [0.1, 0.15) is 13.3 Å². The van der Waals surface area contributed by atoms with Crippen molar-refractivity contribution >= 4 is 27.5 Å². The summed E-state index contributed by atoms with van der Waals surface area (Å²) in [5.41, 5.74) is 2.97. The summed E-state index contributed by atoms with van der Waals surface area (Å²) < 4.78 is 17.1. The molecule has 1 aromatic heterocycles. The van der Waals surface area contributed by atoms with Crippen LogP contribution < -0.4 is 14.8 Å². The van der Waals surface area contributed by atoms with Crippen molar-refractivity contribution in [1.82, 2.24) is 9.88 Å². The van der Waals surface area contributed by atoms with E-state index in [0.29, 0.717) is 6.61 Å². The second-order valence-corrected chi connectivity index (χ2v) is 7.21. The topological polar surface area (TPSA) is 55.9 Å². The van der Waals surface area contributed by atoms with Crippen molar-refractivity contribution in [2.75, 3.05) is 58.4 Å². The van der Waals surface area contributed by atoms with E-state index in [0.717, 1.165) is 84.8 Å². The molecule has 1 N–H and O–H groups in total. The van der Waals surface area contributed by atoms with Crippen LogP contribution in [0.4, 0.5) is 5.69 Å². The normalized spacial score (nSPS) is 15.0. The van der Waals surface area contributed by atoms with Gasteiger partial charge >= 0.3 is 0 Å². The zero-order chi connectivity index (χ0) is 20.1. The molecule has 4 rings (SSSR count). The summed E-state index contributed by atoms with van der Waals surface area (Å²) in [5.74, 6) is 1.48. The van der Waals surface area contributed by atoms with Gasteiger partial charge in [-0.1, -0.05) is 18.2 Å². The van der Waals surface area contributed by atoms with Crippen molar-refractivity contribution in [2.45, 2.75) is 13.3 Å². The number of rotatable bonds is 8. The summed E-state index contributed by atoms with van der Waals surface area (Å²) in [7, 11) is 1.68. The Morgan fingerprint density at radius 1 is 1.07 bits per heavy atom. The fourth-order valence-electron chi connectivity index (χ4n) is 3.83. The van der Waals surface area contributed by atoms with E-state index in [4.69, 9.17) is 19.2 Å². The number of hydrogen-bond acceptors (Lipinski definition) is 6. The lowest BCUT2D eigenvalue weighted by Crippen LogP contribution is -2.37. The predicted molar refractivity (Wildman–Crippen MR) is 117 cm³/mol. The lowest BCUT2D eigenvalue weighted by atomic mass is 10.1. The van der Waals surface area contributed by atoms with Gasteiger partial charge in [0.15, 0.2) is 11.5 Å². The third kappa shape index (κ3) is 4.38. The lowest BCUT2D eigenvalue weighted by Gasteiger charge is -2.26. The summed E-state index contributed by atoms with van der Waals surface area (Å²) in [6.45, 7) is 8.27. The Bertz CT molecular complexity index is 970. The minimum absolute atomic E-state index is 0.646. The highest BCUT2D eigenvalue weighted by molar-refractivity contribution is 6.08. The van der Waals surface area contributed by atoms with Crippen molar-refractivity contribution < 1.29 is 14.2 Å². The molecular formula is C23H29N3O3. The monoisotopic (exact) mass is 395 g/mol. The molecule has 1 saturated heterocycles. The fourth-order valence-corrected chi connectivity index (χ4v) is 3.83. The number of aromatic nitrogens is 1. The maximum absolute atomic E-state index is 6.10. The maximum Gasteiger partial charge on any atom is 0.163 e. The van der Waals surface area contributed by atoms with E-state index in [2.05, 4.69) is 23.2 Å². The first-order valence-electron chi connectivity index (χ1n) is 10.4. The molecule has 1 aliphatic rings. The van der Waals surface area contributed by atoms with Gasteiger partial charge in [0.2, 0.25) is 0 Å². The van der Waals surface area contributed by atoms with E-state index in [9.17, 15) is 0 Å². The highest BCUT2D eigenvalue weighted by Crippen LogP contribution is 2.38. The average Bonchev–Trinajstić information content (AvgIpc) is 2.77. The van der Waals surface area contributed by atoms with Gasteiger partial charge in [-0.05, 0) is 25.5 Å². The molecule has 2 heterocycles. The second-order valence-electron chi connectivity index (χ2n) is 7.21. The Kier molecular flexibility index (Phi) is 6.32. The van der Waals surface area contributed by atoms with Crippen molar-refractivity contribution in [2.24, 2.45) is 0 Å². The largest absolute Gasteiger partial charge is 0.493 e. The van der Waals surface area contributed by atoms with Crippen LogP contribution in [0.3, 0.4) is 0 Å². The van der Waals surface area contributed by atoms with Gasteiger partial charge in [0.1, 0.15) is 0 Å². The number of ether oxygens (including phenoxy) is 3. The van der Waals surface area contributed by atoms with Gasteiger partial charge in [-0.15, -0.1) is 0 Å². The molecule has 1 aliphatic heterocycles. The summed E-state index contributed by atoms with van der Waals surface area (Å²) in [5, 5.41) is 5.66. The third-order valence-corrected chi connectivity index (χ3v) is 5.30. The lowest BCUT2D eigenvalue weighted by molar-refractivity contribution is 0.0357. The Labute approximate surface area is 171 Å². The van der Waals surface area contributed by atoms with Gasteiger partial charge in [-0.3, -0.25) is 4.90 Å². The Balaban J connectivity index is 1.58. The molecule has 0 aliphatic carbocycles. The van der Waals surface area contributed by atoms with Crippen molar-refractivity contribution in [3.63, 3.8) is 0 Å². The number of nitrogens with one attached hydrogen (secondary N) is 1. The van der Waals surface area contributed by atoms with E-state index in [1.165, 1.54) is 0 Å². The maximum atomic E-state index is 6.10. The number of para-hydroxylation sites is 1. The molecular weight excluding hydrogens is 366 g/mol. The molecule has 154 valence electrons. The fraction of sp³-hybridized carbons (Fsp3) is 0.435. The van der Waals surface area contributed by atoms with Crippen LogP contribution in [-0.2, 0) is 4.74 Å². The molecule has 0 unspecified atom stereocenters. The standard InChI is InChI=1S/C23H29N3O3/c1-3-24-23-17-7-4-5-8-19(17)25-20-16-22(21(27-2)15-18(20)23)29-12-6-9-26-10-13-28-14-11-26/h4-5,7-8,15-16H,3,6,9-14H2,1-2H3,(H,24,25). The molecule has 0 spiro atoms. The van der Waals surface area contributed by atoms with Crippen LogP contribution in [0.2, 0.25) is 0 Å². The van der Waals surface area contributed by atoms with Gasteiger partial charge in [0.05, 0.1) is 43.7 Å². The molecule has 2 aromatic carbocycles. The predicted octanol–water partition coefficient (Wildman–Crippen LogP) is 3.93. The molecule has 0 radical (unpaired) electrons. The number of fused-ring (bicyclic) bond motifs is 2. The molecule has 1 fully saturated rings. The number of morpholine rings is 1. The molecule has 3 aromatic rings. The van der Waals surface area contributed by atoms with E-state index in [1.54, 1.807) is 7.11 Å². The average molecular weight is 396 g/mol. The first kappa shape index (κ1) is 19.7. The SMILES string of the molecule is CCNc1c2ccccc2nc2cc(OCCCN3CCOCC3)c(OC)cc12. The highest BCUT2D eigenvalue weighted by atomic mass is 16.5. The van der Waals surface area contributed by atoms with Crippen molar-refractivity contribution in [3.8, 4) is 11.5 Å². The Hall–Kier alpha value is -2.57. The smallest absolute Gasteiger partial charge is 0.163 e. The first-order valence-corrected chi connectivity index (χ1v) is 10.4. The summed E-state index contributed by atoms with van der Waals surface area (Å²) in [4.78, 5) is 7.28. The zero-order valence-electron chi connectivity index (χ0n) is 17.2. The minimum Gasteiger partial charge on any atom is -0.493 e. The van der Waals surface area contributed by atoms with Crippen LogP contribution >= 0.6 is 0 Å². The van der Waals surface area contributed by atoms with E-state index in [-0.39, 0.29) is 0 Å². The number of hydrogen-bond donors (Lipinski definition) is 1. The van der Waals surface area contributed by atoms with Gasteiger partial charge in [-0.25, -0.2) is 4.98 Å². The van der Waals surface area contributed by atoms with Gasteiger partial charge < -0.3 is 19.5 Å². The highest BCUT2D eigenvalue weighted by Gasteiger charge is 2.14. The van der Waals surface area contributed by atoms with E-state index >= 15 is 0 Å². The molecule has 6 nitrogen and oxygen atoms in total. The van der Waals surface area contributed by atoms with Gasteiger partial charge in [-0.2, -0.15) is 0 Å². The van der Waals surface area contributed by atoms with Crippen LogP contribution in [0.25, 0.3) is 21.8 Å². The van der Waals surface area contributed by atoms with Crippen LogP contribution in [0.15, 0.2) is 36.4 Å². The number of nitrogens with zero attached hydrogens (tertiary/aromatic N) is 2. The summed E-state index contributed by atoms with van der Waals surface area (Å²) in [6.07, 6.45) is 0.967. The molecule has 0 bridgehead atoms. The molecule has 29 heavy (non-hydrogen) atoms. The number of anilines is 1. The first-order chi connectivity index (χ1) is 14.3.